The lowest BCUT2D eigenvalue weighted by Crippen LogP contribution is -2.40. The monoisotopic (exact) mass is 253 g/mol. The summed E-state index contributed by atoms with van der Waals surface area (Å²) in [5.41, 5.74) is 1.18. The summed E-state index contributed by atoms with van der Waals surface area (Å²) in [6.45, 7) is 3.30. The van der Waals surface area contributed by atoms with Crippen LogP contribution in [-0.4, -0.2) is 27.7 Å². The second-order valence-electron chi connectivity index (χ2n) is 5.06. The minimum Gasteiger partial charge on any atom is -0.307 e. The second kappa shape index (κ2) is 5.91. The van der Waals surface area contributed by atoms with Crippen LogP contribution in [0.5, 0.6) is 0 Å². The number of hydrogen-bond acceptors (Lipinski definition) is 3. The molecule has 4 heteroatoms. The first-order valence-electron chi connectivity index (χ1n) is 6.54. The maximum absolute atomic E-state index is 4.01. The Balaban J connectivity index is 1.87. The molecule has 0 saturated heterocycles. The molecule has 2 N–H and O–H groups in total. The van der Waals surface area contributed by atoms with Gasteiger partial charge in [0.2, 0.25) is 0 Å². The zero-order valence-electron chi connectivity index (χ0n) is 10.8. The topological polar surface area (TPSA) is 40.7 Å². The van der Waals surface area contributed by atoms with Crippen LogP contribution < -0.4 is 5.32 Å². The van der Waals surface area contributed by atoms with Crippen molar-refractivity contribution in [1.29, 1.82) is 0 Å². The number of H-pyrrole nitrogens is 1. The lowest BCUT2D eigenvalue weighted by Gasteiger charge is -2.36. The van der Waals surface area contributed by atoms with E-state index in [4.69, 9.17) is 0 Å². The number of rotatable bonds is 5. The molecule has 1 aliphatic rings. The molecule has 1 heterocycles. The summed E-state index contributed by atoms with van der Waals surface area (Å²) in [4.78, 5) is 0. The zero-order valence-corrected chi connectivity index (χ0v) is 11.6. The molecule has 0 radical (unpaired) electrons. The summed E-state index contributed by atoms with van der Waals surface area (Å²) in [5, 5.41) is 10.7. The van der Waals surface area contributed by atoms with Gasteiger partial charge in [0.1, 0.15) is 0 Å². The van der Waals surface area contributed by atoms with Crippen LogP contribution in [0.15, 0.2) is 12.3 Å². The third-order valence-corrected chi connectivity index (χ3v) is 5.34. The number of nitrogens with one attached hydrogen (secondary N) is 2. The molecular formula is C13H23N3S. The molecular weight excluding hydrogens is 230 g/mol. The van der Waals surface area contributed by atoms with Crippen LogP contribution in [0.4, 0.5) is 0 Å². The van der Waals surface area contributed by atoms with Gasteiger partial charge in [-0.05, 0) is 32.1 Å². The quantitative estimate of drug-likeness (QED) is 0.847. The molecule has 0 bridgehead atoms. The Morgan fingerprint density at radius 2 is 2.24 bits per heavy atom. The summed E-state index contributed by atoms with van der Waals surface area (Å²) >= 11 is 2.04. The molecule has 1 aliphatic carbocycles. The Hall–Kier alpha value is -0.480. The Labute approximate surface area is 108 Å². The Morgan fingerprint density at radius 3 is 2.82 bits per heavy atom. The van der Waals surface area contributed by atoms with Gasteiger partial charge in [0.25, 0.3) is 0 Å². The molecule has 3 nitrogen and oxygen atoms in total. The van der Waals surface area contributed by atoms with Crippen LogP contribution >= 0.6 is 11.8 Å². The maximum atomic E-state index is 4.01. The van der Waals surface area contributed by atoms with Gasteiger partial charge in [0, 0.05) is 23.5 Å². The predicted octanol–water partition coefficient (Wildman–Crippen LogP) is 3.13. The van der Waals surface area contributed by atoms with Crippen molar-refractivity contribution in [2.75, 3.05) is 12.8 Å². The van der Waals surface area contributed by atoms with E-state index in [1.165, 1.54) is 37.8 Å². The van der Waals surface area contributed by atoms with E-state index >= 15 is 0 Å². The molecule has 0 aliphatic heterocycles. The average Bonchev–Trinajstić information content (AvgIpc) is 2.91. The molecule has 1 saturated carbocycles. The number of thioether (sulfide) groups is 1. The smallest absolute Gasteiger partial charge is 0.0518 e. The van der Waals surface area contributed by atoms with Crippen molar-refractivity contribution in [3.63, 3.8) is 0 Å². The fourth-order valence-electron chi connectivity index (χ4n) is 2.61. The summed E-state index contributed by atoms with van der Waals surface area (Å²) in [6.07, 6.45) is 11.0. The highest BCUT2D eigenvalue weighted by Crippen LogP contribution is 2.38. The third kappa shape index (κ3) is 3.26. The van der Waals surface area contributed by atoms with Gasteiger partial charge in [-0.2, -0.15) is 16.9 Å². The number of hydrogen-bond donors (Lipinski definition) is 2. The molecule has 1 aromatic rings. The lowest BCUT2D eigenvalue weighted by molar-refractivity contribution is 0.366. The minimum absolute atomic E-state index is 0.364. The van der Waals surface area contributed by atoms with E-state index in [2.05, 4.69) is 28.7 Å². The van der Waals surface area contributed by atoms with Crippen molar-refractivity contribution in [2.45, 2.75) is 49.8 Å². The van der Waals surface area contributed by atoms with Crippen LogP contribution in [0.2, 0.25) is 0 Å². The SMILES string of the molecule is CSC1(CNC(C)c2ccn[nH]2)CCCCC1. The van der Waals surface area contributed by atoms with Crippen molar-refractivity contribution in [3.8, 4) is 0 Å². The molecule has 17 heavy (non-hydrogen) atoms. The van der Waals surface area contributed by atoms with Crippen LogP contribution in [0.1, 0.15) is 50.8 Å². The standard InChI is InChI=1S/C13H23N3S/c1-11(12-6-9-15-16-12)14-10-13(17-2)7-4-3-5-8-13/h6,9,11,14H,3-5,7-8,10H2,1-2H3,(H,15,16). The van der Waals surface area contributed by atoms with Crippen LogP contribution in [0.3, 0.4) is 0 Å². The highest BCUT2D eigenvalue weighted by Gasteiger charge is 2.31. The van der Waals surface area contributed by atoms with Crippen molar-refractivity contribution in [2.24, 2.45) is 0 Å². The van der Waals surface area contributed by atoms with Gasteiger partial charge in [-0.1, -0.05) is 19.3 Å². The van der Waals surface area contributed by atoms with Gasteiger partial charge in [-0.25, -0.2) is 0 Å². The fourth-order valence-corrected chi connectivity index (χ4v) is 3.53. The fraction of sp³-hybridized carbons (Fsp3) is 0.769. The van der Waals surface area contributed by atoms with Gasteiger partial charge >= 0.3 is 0 Å². The van der Waals surface area contributed by atoms with Gasteiger partial charge in [0.15, 0.2) is 0 Å². The molecule has 96 valence electrons. The van der Waals surface area contributed by atoms with Crippen molar-refractivity contribution in [3.05, 3.63) is 18.0 Å². The van der Waals surface area contributed by atoms with E-state index < -0.39 is 0 Å². The first kappa shape index (κ1) is 13.0. The predicted molar refractivity (Wildman–Crippen MR) is 74.3 cm³/mol. The summed E-state index contributed by atoms with van der Waals surface area (Å²) in [7, 11) is 0. The Morgan fingerprint density at radius 1 is 1.47 bits per heavy atom. The molecule has 1 atom stereocenters. The minimum atomic E-state index is 0.364. The molecule has 1 unspecified atom stereocenters. The van der Waals surface area contributed by atoms with Crippen molar-refractivity contribution < 1.29 is 0 Å². The van der Waals surface area contributed by atoms with E-state index in [9.17, 15) is 0 Å². The number of aromatic amines is 1. The molecule has 1 aromatic heterocycles. The van der Waals surface area contributed by atoms with E-state index in [0.29, 0.717) is 10.8 Å². The summed E-state index contributed by atoms with van der Waals surface area (Å²) < 4.78 is 0.465. The van der Waals surface area contributed by atoms with E-state index in [1.807, 2.05) is 24.0 Å². The highest BCUT2D eigenvalue weighted by atomic mass is 32.2. The molecule has 1 fully saturated rings. The van der Waals surface area contributed by atoms with Gasteiger partial charge < -0.3 is 5.32 Å². The van der Waals surface area contributed by atoms with Crippen molar-refractivity contribution in [1.82, 2.24) is 15.5 Å². The van der Waals surface area contributed by atoms with Crippen LogP contribution in [-0.2, 0) is 0 Å². The van der Waals surface area contributed by atoms with Crippen molar-refractivity contribution >= 4 is 11.8 Å². The highest BCUT2D eigenvalue weighted by molar-refractivity contribution is 8.00. The largest absolute Gasteiger partial charge is 0.307 e. The molecule has 0 spiro atoms. The first-order chi connectivity index (χ1) is 8.26. The molecule has 0 aromatic carbocycles. The zero-order chi connectivity index (χ0) is 12.1. The number of nitrogens with zero attached hydrogens (tertiary/aromatic N) is 1. The first-order valence-corrected chi connectivity index (χ1v) is 7.76. The van der Waals surface area contributed by atoms with Gasteiger partial charge in [-0.3, -0.25) is 5.10 Å². The lowest BCUT2D eigenvalue weighted by atomic mass is 9.88. The second-order valence-corrected chi connectivity index (χ2v) is 6.34. The average molecular weight is 253 g/mol. The molecule has 2 rings (SSSR count). The van der Waals surface area contributed by atoms with Crippen LogP contribution in [0.25, 0.3) is 0 Å². The van der Waals surface area contributed by atoms with E-state index in [-0.39, 0.29) is 0 Å². The number of aromatic nitrogens is 2. The van der Waals surface area contributed by atoms with Crippen LogP contribution in [0, 0.1) is 0 Å². The van der Waals surface area contributed by atoms with E-state index in [0.717, 1.165) is 6.54 Å². The summed E-state index contributed by atoms with van der Waals surface area (Å²) in [6, 6.07) is 2.41. The third-order valence-electron chi connectivity index (χ3n) is 3.92. The summed E-state index contributed by atoms with van der Waals surface area (Å²) in [5.74, 6) is 0. The van der Waals surface area contributed by atoms with E-state index in [1.54, 1.807) is 0 Å². The molecule has 0 amide bonds. The van der Waals surface area contributed by atoms with Gasteiger partial charge in [0.05, 0.1) is 5.69 Å². The maximum Gasteiger partial charge on any atom is 0.0518 e. The Bertz CT molecular complexity index is 317. The van der Waals surface area contributed by atoms with Gasteiger partial charge in [-0.15, -0.1) is 0 Å². The normalized spacial score (nSPS) is 21.3. The Kier molecular flexibility index (Phi) is 4.51.